The van der Waals surface area contributed by atoms with Gasteiger partial charge in [-0.3, -0.25) is 4.98 Å². The zero-order valence-electron chi connectivity index (χ0n) is 9.37. The highest BCUT2D eigenvalue weighted by molar-refractivity contribution is 6.34. The molecule has 0 bridgehead atoms. The second-order valence-electron chi connectivity index (χ2n) is 3.67. The van der Waals surface area contributed by atoms with Crippen LogP contribution >= 0.6 is 11.6 Å². The summed E-state index contributed by atoms with van der Waals surface area (Å²) in [5, 5.41) is 11.2. The Kier molecular flexibility index (Phi) is 3.40. The van der Waals surface area contributed by atoms with E-state index in [2.05, 4.69) is 10.3 Å². The minimum absolute atomic E-state index is 0.605. The number of aryl methyl sites for hydroxylation is 1. The van der Waals surface area contributed by atoms with Crippen molar-refractivity contribution >= 4 is 29.2 Å². The summed E-state index contributed by atoms with van der Waals surface area (Å²) in [6, 6.07) is 7.60. The summed E-state index contributed by atoms with van der Waals surface area (Å²) in [6.45, 7) is 1.92. The van der Waals surface area contributed by atoms with Crippen molar-refractivity contribution in [1.29, 1.82) is 5.41 Å². The van der Waals surface area contributed by atoms with Crippen molar-refractivity contribution in [3.8, 4) is 0 Å². The van der Waals surface area contributed by atoms with Gasteiger partial charge >= 0.3 is 0 Å². The van der Waals surface area contributed by atoms with Crippen molar-refractivity contribution in [3.63, 3.8) is 0 Å². The van der Waals surface area contributed by atoms with Crippen LogP contribution in [-0.2, 0) is 0 Å². The van der Waals surface area contributed by atoms with E-state index in [1.165, 1.54) is 6.21 Å². The van der Waals surface area contributed by atoms with Crippen LogP contribution < -0.4 is 5.32 Å². The average Bonchev–Trinajstić information content (AvgIpc) is 2.36. The van der Waals surface area contributed by atoms with E-state index >= 15 is 0 Å². The number of hydrogen-bond acceptors (Lipinski definition) is 3. The summed E-state index contributed by atoms with van der Waals surface area (Å²) in [6.07, 6.45) is 4.69. The Labute approximate surface area is 105 Å². The van der Waals surface area contributed by atoms with Gasteiger partial charge in [-0.2, -0.15) is 0 Å². The smallest absolute Gasteiger partial charge is 0.0570 e. The van der Waals surface area contributed by atoms with Crippen molar-refractivity contribution in [2.24, 2.45) is 0 Å². The molecule has 4 heteroatoms. The molecule has 0 aliphatic carbocycles. The zero-order valence-corrected chi connectivity index (χ0v) is 10.1. The molecule has 0 unspecified atom stereocenters. The van der Waals surface area contributed by atoms with Crippen molar-refractivity contribution in [1.82, 2.24) is 4.98 Å². The maximum atomic E-state index is 7.42. The maximum Gasteiger partial charge on any atom is 0.0570 e. The number of benzene rings is 1. The largest absolute Gasteiger partial charge is 0.354 e. The first kappa shape index (κ1) is 11.6. The molecule has 0 saturated heterocycles. The van der Waals surface area contributed by atoms with Crippen molar-refractivity contribution < 1.29 is 0 Å². The highest BCUT2D eigenvalue weighted by Crippen LogP contribution is 2.28. The molecule has 0 aliphatic rings. The van der Waals surface area contributed by atoms with Gasteiger partial charge in [0.2, 0.25) is 0 Å². The quantitative estimate of drug-likeness (QED) is 0.809. The van der Waals surface area contributed by atoms with Crippen LogP contribution in [-0.4, -0.2) is 11.2 Å². The molecule has 2 aromatic rings. The third kappa shape index (κ3) is 2.45. The van der Waals surface area contributed by atoms with Crippen LogP contribution in [0.4, 0.5) is 11.4 Å². The normalized spacial score (nSPS) is 10.0. The van der Waals surface area contributed by atoms with Crippen LogP contribution in [0.15, 0.2) is 36.7 Å². The molecule has 1 heterocycles. The molecule has 0 fully saturated rings. The van der Waals surface area contributed by atoms with Gasteiger partial charge in [-0.15, -0.1) is 0 Å². The van der Waals surface area contributed by atoms with E-state index in [9.17, 15) is 0 Å². The van der Waals surface area contributed by atoms with E-state index in [0.29, 0.717) is 10.6 Å². The molecule has 86 valence electrons. The van der Waals surface area contributed by atoms with E-state index in [1.54, 1.807) is 12.4 Å². The lowest BCUT2D eigenvalue weighted by Crippen LogP contribution is -1.97. The first-order chi connectivity index (χ1) is 8.22. The molecule has 0 atom stereocenters. The summed E-state index contributed by atoms with van der Waals surface area (Å²) in [5.41, 5.74) is 3.33. The molecule has 17 heavy (non-hydrogen) atoms. The van der Waals surface area contributed by atoms with Gasteiger partial charge in [-0.05, 0) is 30.7 Å². The van der Waals surface area contributed by atoms with Gasteiger partial charge in [0.15, 0.2) is 0 Å². The molecule has 3 nitrogen and oxygen atoms in total. The summed E-state index contributed by atoms with van der Waals surface area (Å²) < 4.78 is 0. The molecule has 1 aromatic carbocycles. The molecule has 0 radical (unpaired) electrons. The fourth-order valence-electron chi connectivity index (χ4n) is 1.54. The monoisotopic (exact) mass is 245 g/mol. The maximum absolute atomic E-state index is 7.42. The number of nitrogens with one attached hydrogen (secondary N) is 2. The summed E-state index contributed by atoms with van der Waals surface area (Å²) in [7, 11) is 0. The summed E-state index contributed by atoms with van der Waals surface area (Å²) >= 11 is 6.16. The second kappa shape index (κ2) is 4.97. The molecule has 1 aromatic heterocycles. The summed E-state index contributed by atoms with van der Waals surface area (Å²) in [5.74, 6) is 0. The van der Waals surface area contributed by atoms with Crippen molar-refractivity contribution in [3.05, 3.63) is 52.8 Å². The van der Waals surface area contributed by atoms with Gasteiger partial charge in [-0.25, -0.2) is 0 Å². The fraction of sp³-hybridized carbons (Fsp3) is 0.0769. The minimum atomic E-state index is 0.605. The zero-order chi connectivity index (χ0) is 12.3. The lowest BCUT2D eigenvalue weighted by atomic mass is 10.1. The first-order valence-corrected chi connectivity index (χ1v) is 5.57. The van der Waals surface area contributed by atoms with Gasteiger partial charge < -0.3 is 10.7 Å². The number of rotatable bonds is 3. The Bertz CT molecular complexity index is 538. The molecular formula is C13H12ClN3. The Morgan fingerprint density at radius 1 is 1.35 bits per heavy atom. The van der Waals surface area contributed by atoms with E-state index in [0.717, 1.165) is 16.9 Å². The van der Waals surface area contributed by atoms with Crippen LogP contribution in [0.5, 0.6) is 0 Å². The second-order valence-corrected chi connectivity index (χ2v) is 4.05. The molecule has 0 aliphatic heterocycles. The number of aromatic nitrogens is 1. The third-order valence-electron chi connectivity index (χ3n) is 2.46. The highest BCUT2D eigenvalue weighted by atomic mass is 35.5. The van der Waals surface area contributed by atoms with E-state index < -0.39 is 0 Å². The van der Waals surface area contributed by atoms with E-state index in [4.69, 9.17) is 17.0 Å². The predicted molar refractivity (Wildman–Crippen MR) is 71.6 cm³/mol. The topological polar surface area (TPSA) is 48.8 Å². The van der Waals surface area contributed by atoms with Crippen LogP contribution in [0, 0.1) is 12.3 Å². The number of halogens is 1. The SMILES string of the molecule is Cc1ccc(Nc2cccnc2)c(C=N)c1Cl. The van der Waals surface area contributed by atoms with E-state index in [1.807, 2.05) is 31.2 Å². The molecule has 0 amide bonds. The number of anilines is 2. The van der Waals surface area contributed by atoms with Gasteiger partial charge in [0.1, 0.15) is 0 Å². The van der Waals surface area contributed by atoms with Crippen LogP contribution in [0.3, 0.4) is 0 Å². The summed E-state index contributed by atoms with van der Waals surface area (Å²) in [4.78, 5) is 4.02. The van der Waals surface area contributed by atoms with Gasteiger partial charge in [0.05, 0.1) is 16.9 Å². The van der Waals surface area contributed by atoms with E-state index in [-0.39, 0.29) is 0 Å². The molecule has 0 saturated carbocycles. The first-order valence-electron chi connectivity index (χ1n) is 5.19. The van der Waals surface area contributed by atoms with Gasteiger partial charge in [0.25, 0.3) is 0 Å². The molecule has 2 rings (SSSR count). The van der Waals surface area contributed by atoms with Crippen LogP contribution in [0.1, 0.15) is 11.1 Å². The minimum Gasteiger partial charge on any atom is -0.354 e. The number of nitrogens with zero attached hydrogens (tertiary/aromatic N) is 1. The lowest BCUT2D eigenvalue weighted by molar-refractivity contribution is 1.32. The Morgan fingerprint density at radius 2 is 2.18 bits per heavy atom. The standard InChI is InChI=1S/C13H12ClN3/c1-9-4-5-12(11(7-15)13(9)14)17-10-3-2-6-16-8-10/h2-8,15,17H,1H3. The Hall–Kier alpha value is -1.87. The third-order valence-corrected chi connectivity index (χ3v) is 2.96. The number of hydrogen-bond donors (Lipinski definition) is 2. The van der Waals surface area contributed by atoms with Gasteiger partial charge in [-0.1, -0.05) is 17.7 Å². The molecular weight excluding hydrogens is 234 g/mol. The van der Waals surface area contributed by atoms with Gasteiger partial charge in [0, 0.05) is 23.7 Å². The molecule has 0 spiro atoms. The Morgan fingerprint density at radius 3 is 2.82 bits per heavy atom. The highest BCUT2D eigenvalue weighted by Gasteiger charge is 2.07. The predicted octanol–water partition coefficient (Wildman–Crippen LogP) is 3.78. The number of pyridine rings is 1. The Balaban J connectivity index is 2.40. The fourth-order valence-corrected chi connectivity index (χ4v) is 1.76. The van der Waals surface area contributed by atoms with Crippen LogP contribution in [0.2, 0.25) is 5.02 Å². The lowest BCUT2D eigenvalue weighted by Gasteiger charge is -2.11. The van der Waals surface area contributed by atoms with Crippen molar-refractivity contribution in [2.75, 3.05) is 5.32 Å². The average molecular weight is 246 g/mol. The van der Waals surface area contributed by atoms with Crippen LogP contribution in [0.25, 0.3) is 0 Å². The van der Waals surface area contributed by atoms with Crippen molar-refractivity contribution in [2.45, 2.75) is 6.92 Å². The molecule has 2 N–H and O–H groups in total.